The molecule has 0 amide bonds. The highest BCUT2D eigenvalue weighted by Crippen LogP contribution is 2.47. The van der Waals surface area contributed by atoms with Gasteiger partial charge in [0.2, 0.25) is 0 Å². The molecule has 5 heteroatoms. The SMILES string of the molecule is N=C1C=CC=CC1Nc1cn2c3ccccc3c3c4c(cc1c32)sc1cc(-c2ccc3c(c2)sc2ccccc23)ccc14. The van der Waals surface area contributed by atoms with Gasteiger partial charge in [-0.05, 0) is 47.5 Å². The van der Waals surface area contributed by atoms with Gasteiger partial charge in [0.15, 0.2) is 0 Å². The van der Waals surface area contributed by atoms with Gasteiger partial charge < -0.3 is 15.1 Å². The summed E-state index contributed by atoms with van der Waals surface area (Å²) >= 11 is 3.75. The average Bonchev–Trinajstić information content (AvgIpc) is 3.78. The second-order valence-electron chi connectivity index (χ2n) is 11.4. The van der Waals surface area contributed by atoms with Crippen LogP contribution >= 0.6 is 22.7 Å². The van der Waals surface area contributed by atoms with Crippen molar-refractivity contribution >= 4 is 102 Å². The van der Waals surface area contributed by atoms with E-state index in [1.165, 1.54) is 78.7 Å². The van der Waals surface area contributed by atoms with E-state index < -0.39 is 0 Å². The molecule has 4 heterocycles. The Morgan fingerprint density at radius 2 is 1.35 bits per heavy atom. The van der Waals surface area contributed by atoms with Crippen LogP contribution in [0.3, 0.4) is 0 Å². The van der Waals surface area contributed by atoms with Crippen molar-refractivity contribution in [2.45, 2.75) is 6.04 Å². The molecule has 10 rings (SSSR count). The minimum atomic E-state index is -0.138. The monoisotopic (exact) mass is 585 g/mol. The van der Waals surface area contributed by atoms with Crippen molar-refractivity contribution in [3.8, 4) is 11.1 Å². The topological polar surface area (TPSA) is 40.3 Å². The third kappa shape index (κ3) is 3.26. The molecular weight excluding hydrogens is 563 g/mol. The lowest BCUT2D eigenvalue weighted by molar-refractivity contribution is 1.14. The van der Waals surface area contributed by atoms with Crippen LogP contribution in [0.25, 0.3) is 78.7 Å². The normalized spacial score (nSPS) is 15.5. The molecule has 1 aliphatic rings. The van der Waals surface area contributed by atoms with E-state index in [0.29, 0.717) is 5.71 Å². The van der Waals surface area contributed by atoms with E-state index in [1.807, 2.05) is 40.9 Å². The van der Waals surface area contributed by atoms with E-state index >= 15 is 0 Å². The zero-order valence-corrected chi connectivity index (χ0v) is 24.5. The van der Waals surface area contributed by atoms with Crippen molar-refractivity contribution in [2.24, 2.45) is 0 Å². The van der Waals surface area contributed by atoms with Gasteiger partial charge in [0, 0.05) is 62.7 Å². The molecule has 1 atom stereocenters. The summed E-state index contributed by atoms with van der Waals surface area (Å²) in [5.74, 6) is 0. The maximum absolute atomic E-state index is 8.45. The summed E-state index contributed by atoms with van der Waals surface area (Å²) in [6.45, 7) is 0. The number of fused-ring (bicyclic) bond motifs is 10. The van der Waals surface area contributed by atoms with Crippen molar-refractivity contribution < 1.29 is 0 Å². The zero-order valence-electron chi connectivity index (χ0n) is 22.9. The quantitative estimate of drug-likeness (QED) is 0.213. The van der Waals surface area contributed by atoms with E-state index in [2.05, 4.69) is 113 Å². The molecule has 0 spiro atoms. The molecule has 9 aromatic rings. The summed E-state index contributed by atoms with van der Waals surface area (Å²) in [7, 11) is 0. The summed E-state index contributed by atoms with van der Waals surface area (Å²) in [5, 5.41) is 21.2. The van der Waals surface area contributed by atoms with E-state index in [9.17, 15) is 0 Å². The third-order valence-corrected chi connectivity index (χ3v) is 11.2. The van der Waals surface area contributed by atoms with Gasteiger partial charge in [-0.15, -0.1) is 22.7 Å². The predicted molar refractivity (Wildman–Crippen MR) is 188 cm³/mol. The standard InChI is InChI=1S/C38H23N3S2/c39-28-9-3-4-10-29(28)40-30-20-41-31-11-5-1-8-25(31)37-36-26-16-14-22(18-34(26)43-35(36)19-27(30)38(37)41)21-13-15-24-23-7-2-6-12-32(23)42-33(24)17-21/h1-20,29,39-40H. The highest BCUT2D eigenvalue weighted by Gasteiger charge is 2.23. The van der Waals surface area contributed by atoms with E-state index in [-0.39, 0.29) is 6.04 Å². The number of allylic oxidation sites excluding steroid dienone is 2. The Morgan fingerprint density at radius 1 is 0.628 bits per heavy atom. The van der Waals surface area contributed by atoms with Gasteiger partial charge in [0.1, 0.15) is 0 Å². The Kier molecular flexibility index (Phi) is 4.68. The average molecular weight is 586 g/mol. The molecule has 3 nitrogen and oxygen atoms in total. The molecule has 4 aromatic heterocycles. The fourth-order valence-electron chi connectivity index (χ4n) is 7.03. The first-order chi connectivity index (χ1) is 21.2. The van der Waals surface area contributed by atoms with Gasteiger partial charge in [0.05, 0.1) is 28.5 Å². The van der Waals surface area contributed by atoms with Crippen LogP contribution < -0.4 is 5.32 Å². The second-order valence-corrected chi connectivity index (χ2v) is 13.6. The van der Waals surface area contributed by atoms with Gasteiger partial charge in [0.25, 0.3) is 0 Å². The van der Waals surface area contributed by atoms with Crippen LogP contribution in [-0.4, -0.2) is 16.2 Å². The minimum Gasteiger partial charge on any atom is -0.372 e. The molecule has 0 aliphatic heterocycles. The Hall–Kier alpha value is -4.97. The number of thiophene rings is 2. The molecule has 1 aliphatic carbocycles. The summed E-state index contributed by atoms with van der Waals surface area (Å²) in [6, 6.07) is 33.6. The van der Waals surface area contributed by atoms with Crippen LogP contribution in [0.15, 0.2) is 121 Å². The molecule has 0 saturated carbocycles. The molecule has 43 heavy (non-hydrogen) atoms. The van der Waals surface area contributed by atoms with Crippen LogP contribution in [0.2, 0.25) is 0 Å². The Bertz CT molecular complexity index is 2680. The van der Waals surface area contributed by atoms with Crippen molar-refractivity contribution in [3.63, 3.8) is 0 Å². The smallest absolute Gasteiger partial charge is 0.0866 e. The maximum Gasteiger partial charge on any atom is 0.0866 e. The molecule has 1 unspecified atom stereocenters. The number of hydrogen-bond donors (Lipinski definition) is 2. The van der Waals surface area contributed by atoms with Gasteiger partial charge >= 0.3 is 0 Å². The molecular formula is C38H23N3S2. The molecule has 0 fully saturated rings. The molecule has 5 aromatic carbocycles. The summed E-state index contributed by atoms with van der Waals surface area (Å²) in [4.78, 5) is 0. The largest absolute Gasteiger partial charge is 0.372 e. The number of nitrogens with one attached hydrogen (secondary N) is 2. The van der Waals surface area contributed by atoms with Gasteiger partial charge in [-0.3, -0.25) is 0 Å². The number of hydrogen-bond acceptors (Lipinski definition) is 4. The predicted octanol–water partition coefficient (Wildman–Crippen LogP) is 11.0. The lowest BCUT2D eigenvalue weighted by Gasteiger charge is -2.17. The number of benzene rings is 5. The molecule has 0 saturated heterocycles. The Balaban J connectivity index is 1.19. The van der Waals surface area contributed by atoms with Crippen LogP contribution in [0.1, 0.15) is 0 Å². The van der Waals surface area contributed by atoms with Crippen molar-refractivity contribution in [1.82, 2.24) is 4.40 Å². The third-order valence-electron chi connectivity index (χ3n) is 9.01. The molecule has 2 N–H and O–H groups in total. The first kappa shape index (κ1) is 23.6. The highest BCUT2D eigenvalue weighted by molar-refractivity contribution is 7.26. The number of anilines is 1. The molecule has 0 bridgehead atoms. The van der Waals surface area contributed by atoms with Crippen LogP contribution in [0, 0.1) is 5.41 Å². The summed E-state index contributed by atoms with van der Waals surface area (Å²) in [6.07, 6.45) is 10.1. The van der Waals surface area contributed by atoms with E-state index in [1.54, 1.807) is 0 Å². The highest BCUT2D eigenvalue weighted by atomic mass is 32.1. The fraction of sp³-hybridized carbons (Fsp3) is 0.0263. The van der Waals surface area contributed by atoms with E-state index in [4.69, 9.17) is 5.41 Å². The number of aromatic nitrogens is 1. The van der Waals surface area contributed by atoms with Gasteiger partial charge in [-0.25, -0.2) is 0 Å². The van der Waals surface area contributed by atoms with E-state index in [0.717, 1.165) is 5.69 Å². The maximum atomic E-state index is 8.45. The first-order valence-electron chi connectivity index (χ1n) is 14.5. The Morgan fingerprint density at radius 3 is 2.21 bits per heavy atom. The van der Waals surface area contributed by atoms with Gasteiger partial charge in [-0.1, -0.05) is 78.9 Å². The van der Waals surface area contributed by atoms with Crippen molar-refractivity contribution in [3.05, 3.63) is 121 Å². The minimum absolute atomic E-state index is 0.138. The zero-order chi connectivity index (χ0) is 28.2. The van der Waals surface area contributed by atoms with Crippen LogP contribution in [0.5, 0.6) is 0 Å². The van der Waals surface area contributed by atoms with Crippen molar-refractivity contribution in [1.29, 1.82) is 5.41 Å². The summed E-state index contributed by atoms with van der Waals surface area (Å²) in [5.41, 5.74) is 6.61. The second kappa shape index (κ2) is 8.54. The molecule has 0 radical (unpaired) electrons. The van der Waals surface area contributed by atoms with Crippen molar-refractivity contribution in [2.75, 3.05) is 5.32 Å². The summed E-state index contributed by atoms with van der Waals surface area (Å²) < 4.78 is 7.61. The first-order valence-corrected chi connectivity index (χ1v) is 16.1. The number of para-hydroxylation sites is 1. The number of nitrogens with zero attached hydrogens (tertiary/aromatic N) is 1. The number of rotatable bonds is 3. The Labute approximate surface area is 254 Å². The lowest BCUT2D eigenvalue weighted by atomic mass is 10.00. The lowest BCUT2D eigenvalue weighted by Crippen LogP contribution is -2.26. The van der Waals surface area contributed by atoms with Crippen LogP contribution in [-0.2, 0) is 0 Å². The molecule has 202 valence electrons. The fourth-order valence-corrected chi connectivity index (χ4v) is 9.37. The van der Waals surface area contributed by atoms with Gasteiger partial charge in [-0.2, -0.15) is 0 Å². The van der Waals surface area contributed by atoms with Crippen LogP contribution in [0.4, 0.5) is 5.69 Å².